The van der Waals surface area contributed by atoms with Crippen LogP contribution in [0.15, 0.2) is 18.2 Å². The third-order valence-electron chi connectivity index (χ3n) is 6.48. The average molecular weight is 364 g/mol. The Kier molecular flexibility index (Phi) is 4.63. The van der Waals surface area contributed by atoms with Crippen molar-refractivity contribution >= 4 is 11.6 Å². The minimum Gasteiger partial charge on any atom is -0.393 e. The first-order chi connectivity index (χ1) is 12.5. The maximum absolute atomic E-state index is 14.2. The van der Waals surface area contributed by atoms with Crippen molar-refractivity contribution in [2.24, 2.45) is 5.41 Å². The highest BCUT2D eigenvalue weighted by atomic mass is 19.1. The zero-order valence-corrected chi connectivity index (χ0v) is 15.0. The van der Waals surface area contributed by atoms with E-state index in [2.05, 4.69) is 0 Å². The molecule has 1 amide bonds. The van der Waals surface area contributed by atoms with Crippen molar-refractivity contribution in [2.45, 2.75) is 57.1 Å². The number of nitrogens with zero attached hydrogens (tertiary/aromatic N) is 2. The second kappa shape index (κ2) is 6.80. The van der Waals surface area contributed by atoms with Gasteiger partial charge in [0.05, 0.1) is 17.2 Å². The lowest BCUT2D eigenvalue weighted by atomic mass is 9.78. The van der Waals surface area contributed by atoms with Gasteiger partial charge in [0.25, 0.3) is 0 Å². The van der Waals surface area contributed by atoms with E-state index in [1.165, 1.54) is 12.1 Å². The molecule has 0 unspecified atom stereocenters. The fourth-order valence-corrected chi connectivity index (χ4v) is 5.02. The van der Waals surface area contributed by atoms with Crippen LogP contribution in [-0.2, 0) is 4.79 Å². The number of carbonyl (C=O) groups excluding carboxylic acids is 1. The van der Waals surface area contributed by atoms with Crippen LogP contribution in [0.3, 0.4) is 0 Å². The molecule has 1 aromatic rings. The van der Waals surface area contributed by atoms with Gasteiger partial charge in [0.15, 0.2) is 0 Å². The van der Waals surface area contributed by atoms with Crippen LogP contribution in [0, 0.1) is 17.0 Å². The van der Waals surface area contributed by atoms with Crippen molar-refractivity contribution in [3.63, 3.8) is 0 Å². The topological polar surface area (TPSA) is 43.8 Å². The molecule has 26 heavy (non-hydrogen) atoms. The molecule has 3 aliphatic rings. The lowest BCUT2D eigenvalue weighted by Gasteiger charge is -2.41. The van der Waals surface area contributed by atoms with E-state index in [-0.39, 0.29) is 18.1 Å². The molecule has 1 atom stereocenters. The molecule has 0 bridgehead atoms. The summed E-state index contributed by atoms with van der Waals surface area (Å²) in [5.41, 5.74) is -0.0627. The van der Waals surface area contributed by atoms with Gasteiger partial charge in [0.2, 0.25) is 5.91 Å². The smallest absolute Gasteiger partial charge is 0.230 e. The number of benzene rings is 1. The molecule has 1 spiro atoms. The van der Waals surface area contributed by atoms with Crippen LogP contribution >= 0.6 is 0 Å². The number of hydrogen-bond acceptors (Lipinski definition) is 3. The molecule has 1 aromatic carbocycles. The molecule has 4 nitrogen and oxygen atoms in total. The number of amides is 1. The lowest BCUT2D eigenvalue weighted by molar-refractivity contribution is -0.139. The van der Waals surface area contributed by atoms with Crippen molar-refractivity contribution in [3.05, 3.63) is 29.8 Å². The molecule has 1 N–H and O–H groups in total. The first-order valence-corrected chi connectivity index (χ1v) is 9.68. The van der Waals surface area contributed by atoms with E-state index in [9.17, 15) is 18.7 Å². The third kappa shape index (κ3) is 3.08. The van der Waals surface area contributed by atoms with E-state index >= 15 is 0 Å². The van der Waals surface area contributed by atoms with Crippen molar-refractivity contribution in [2.75, 3.05) is 24.5 Å². The molecule has 1 saturated carbocycles. The first kappa shape index (κ1) is 17.7. The number of rotatable bonds is 2. The Morgan fingerprint density at radius 1 is 1.08 bits per heavy atom. The van der Waals surface area contributed by atoms with Crippen molar-refractivity contribution in [1.82, 2.24) is 4.90 Å². The molecule has 142 valence electrons. The number of likely N-dealkylation sites (tertiary alicyclic amines) is 1. The van der Waals surface area contributed by atoms with Gasteiger partial charge in [0.1, 0.15) is 11.6 Å². The molecule has 3 fully saturated rings. The summed E-state index contributed by atoms with van der Waals surface area (Å²) in [6, 6.07) is 3.88. The standard InChI is InChI=1S/C20H26F2N2O2/c21-14-2-7-18(17(22)12-14)23-10-1-8-20(13-23)9-11-24(19(20)26)15-3-5-16(25)6-4-15/h2,7,12,15-16,25H,1,3-6,8-11,13H2/t15-,16-,20-/m1/s1. The normalized spacial score (nSPS) is 32.5. The highest BCUT2D eigenvalue weighted by molar-refractivity contribution is 5.86. The molecular weight excluding hydrogens is 338 g/mol. The summed E-state index contributed by atoms with van der Waals surface area (Å²) < 4.78 is 27.4. The fourth-order valence-electron chi connectivity index (χ4n) is 5.02. The number of aliphatic hydroxyl groups excluding tert-OH is 1. The van der Waals surface area contributed by atoms with Crippen LogP contribution in [0.5, 0.6) is 0 Å². The SMILES string of the molecule is O=C1N([C@H]2CC[C@H](O)CC2)CC[C@@]12CCCN(c1ccc(F)cc1F)C2. The zero-order valence-electron chi connectivity index (χ0n) is 15.0. The third-order valence-corrected chi connectivity index (χ3v) is 6.48. The molecule has 2 heterocycles. The monoisotopic (exact) mass is 364 g/mol. The highest BCUT2D eigenvalue weighted by Gasteiger charge is 2.50. The number of anilines is 1. The van der Waals surface area contributed by atoms with Gasteiger partial charge in [-0.15, -0.1) is 0 Å². The predicted molar refractivity (Wildman–Crippen MR) is 94.8 cm³/mol. The van der Waals surface area contributed by atoms with Gasteiger partial charge in [-0.05, 0) is 57.1 Å². The molecule has 6 heteroatoms. The minimum atomic E-state index is -0.583. The summed E-state index contributed by atoms with van der Waals surface area (Å²) in [5, 5.41) is 9.71. The molecule has 0 aromatic heterocycles. The average Bonchev–Trinajstić information content (AvgIpc) is 2.92. The summed E-state index contributed by atoms with van der Waals surface area (Å²) in [5.74, 6) is -0.961. The van der Waals surface area contributed by atoms with Crippen LogP contribution in [0.1, 0.15) is 44.9 Å². The van der Waals surface area contributed by atoms with Crippen LogP contribution < -0.4 is 4.90 Å². The molecule has 2 saturated heterocycles. The number of aliphatic hydroxyl groups is 1. The lowest BCUT2D eigenvalue weighted by Crippen LogP contribution is -2.50. The van der Waals surface area contributed by atoms with Gasteiger partial charge < -0.3 is 14.9 Å². The van der Waals surface area contributed by atoms with Gasteiger partial charge in [-0.3, -0.25) is 4.79 Å². The number of halogens is 2. The van der Waals surface area contributed by atoms with Gasteiger partial charge in [-0.2, -0.15) is 0 Å². The summed E-state index contributed by atoms with van der Waals surface area (Å²) >= 11 is 0. The largest absolute Gasteiger partial charge is 0.393 e. The maximum Gasteiger partial charge on any atom is 0.230 e. The molecule has 4 rings (SSSR count). The van der Waals surface area contributed by atoms with E-state index in [1.54, 1.807) is 0 Å². The van der Waals surface area contributed by atoms with E-state index in [4.69, 9.17) is 0 Å². The van der Waals surface area contributed by atoms with E-state index in [1.807, 2.05) is 9.80 Å². The zero-order chi connectivity index (χ0) is 18.3. The van der Waals surface area contributed by atoms with E-state index < -0.39 is 17.0 Å². The van der Waals surface area contributed by atoms with E-state index in [0.717, 1.165) is 57.6 Å². The van der Waals surface area contributed by atoms with Crippen LogP contribution in [0.4, 0.5) is 14.5 Å². The fraction of sp³-hybridized carbons (Fsp3) is 0.650. The van der Waals surface area contributed by atoms with Gasteiger partial charge >= 0.3 is 0 Å². The van der Waals surface area contributed by atoms with Crippen molar-refractivity contribution < 1.29 is 18.7 Å². The van der Waals surface area contributed by atoms with Crippen LogP contribution in [-0.4, -0.2) is 47.7 Å². The Bertz CT molecular complexity index is 690. The Morgan fingerprint density at radius 2 is 1.85 bits per heavy atom. The Labute approximate surface area is 152 Å². The number of hydrogen-bond donors (Lipinski definition) is 1. The number of piperidine rings is 1. The predicted octanol–water partition coefficient (Wildman–Crippen LogP) is 3.09. The maximum atomic E-state index is 14.2. The summed E-state index contributed by atoms with van der Waals surface area (Å²) in [7, 11) is 0. The highest BCUT2D eigenvalue weighted by Crippen LogP contribution is 2.43. The van der Waals surface area contributed by atoms with Crippen molar-refractivity contribution in [3.8, 4) is 0 Å². The molecular formula is C20H26F2N2O2. The summed E-state index contributed by atoms with van der Waals surface area (Å²) in [6.07, 6.45) is 5.46. The van der Waals surface area contributed by atoms with Gasteiger partial charge in [-0.25, -0.2) is 8.78 Å². The van der Waals surface area contributed by atoms with E-state index in [0.29, 0.717) is 18.8 Å². The number of carbonyl (C=O) groups is 1. The second-order valence-electron chi connectivity index (χ2n) is 8.11. The molecule has 0 radical (unpaired) electrons. The second-order valence-corrected chi connectivity index (χ2v) is 8.11. The minimum absolute atomic E-state index is 0.186. The summed E-state index contributed by atoms with van der Waals surface area (Å²) in [6.45, 7) is 1.94. The first-order valence-electron chi connectivity index (χ1n) is 9.68. The Morgan fingerprint density at radius 3 is 2.58 bits per heavy atom. The Hall–Kier alpha value is -1.69. The van der Waals surface area contributed by atoms with Crippen LogP contribution in [0.2, 0.25) is 0 Å². The van der Waals surface area contributed by atoms with Gasteiger partial charge in [0, 0.05) is 31.7 Å². The van der Waals surface area contributed by atoms with Crippen LogP contribution in [0.25, 0.3) is 0 Å². The molecule has 2 aliphatic heterocycles. The Balaban J connectivity index is 1.50. The van der Waals surface area contributed by atoms with Crippen molar-refractivity contribution in [1.29, 1.82) is 0 Å². The summed E-state index contributed by atoms with van der Waals surface area (Å²) in [4.78, 5) is 17.2. The molecule has 1 aliphatic carbocycles. The quantitative estimate of drug-likeness (QED) is 0.877. The van der Waals surface area contributed by atoms with Gasteiger partial charge in [-0.1, -0.05) is 0 Å².